The molecule has 2 aromatic rings. The Labute approximate surface area is 106 Å². The summed E-state index contributed by atoms with van der Waals surface area (Å²) in [6.45, 7) is 0.493. The Bertz CT molecular complexity index is 437. The van der Waals surface area contributed by atoms with E-state index in [1.165, 1.54) is 0 Å². The third-order valence-electron chi connectivity index (χ3n) is 2.45. The second kappa shape index (κ2) is 6.45. The molecule has 0 aliphatic carbocycles. The highest BCUT2D eigenvalue weighted by atomic mass is 16.5. The van der Waals surface area contributed by atoms with E-state index in [1.54, 1.807) is 0 Å². The molecule has 0 heterocycles. The van der Waals surface area contributed by atoms with Gasteiger partial charge in [-0.25, -0.2) is 0 Å². The van der Waals surface area contributed by atoms with Gasteiger partial charge in [0, 0.05) is 5.69 Å². The number of carbonyl (C=O) groups excluding carboxylic acids is 1. The average molecular weight is 241 g/mol. The Balaban J connectivity index is 1.73. The third-order valence-corrected chi connectivity index (χ3v) is 2.45. The van der Waals surface area contributed by atoms with Crippen LogP contribution >= 0.6 is 0 Å². The van der Waals surface area contributed by atoms with Gasteiger partial charge < -0.3 is 10.1 Å². The number of nitrogens with one attached hydrogen (secondary N) is 1. The number of ether oxygens (including phenoxy) is 1. The molecule has 0 aliphatic heterocycles. The second-order valence-corrected chi connectivity index (χ2v) is 3.87. The largest absolute Gasteiger partial charge is 0.460 e. The molecule has 18 heavy (non-hydrogen) atoms. The maximum Gasteiger partial charge on any atom is 0.325 e. The van der Waals surface area contributed by atoms with Crippen LogP contribution in [0.25, 0.3) is 0 Å². The van der Waals surface area contributed by atoms with Gasteiger partial charge in [0.1, 0.15) is 13.2 Å². The van der Waals surface area contributed by atoms with Crippen LogP contribution in [0.4, 0.5) is 5.69 Å². The highest BCUT2D eigenvalue weighted by Crippen LogP contribution is 2.05. The molecule has 0 radical (unpaired) electrons. The lowest BCUT2D eigenvalue weighted by molar-refractivity contribution is -0.142. The van der Waals surface area contributed by atoms with Crippen LogP contribution in [0.1, 0.15) is 5.56 Å². The van der Waals surface area contributed by atoms with Crippen molar-refractivity contribution in [3.63, 3.8) is 0 Å². The van der Waals surface area contributed by atoms with Crippen molar-refractivity contribution >= 4 is 11.7 Å². The van der Waals surface area contributed by atoms with E-state index in [4.69, 9.17) is 4.74 Å². The van der Waals surface area contributed by atoms with Crippen molar-refractivity contribution in [3.05, 3.63) is 66.2 Å². The van der Waals surface area contributed by atoms with Crippen molar-refractivity contribution in [2.75, 3.05) is 11.9 Å². The number of anilines is 1. The van der Waals surface area contributed by atoms with Gasteiger partial charge in [-0.05, 0) is 17.7 Å². The fourth-order valence-electron chi connectivity index (χ4n) is 1.52. The van der Waals surface area contributed by atoms with Crippen LogP contribution < -0.4 is 5.32 Å². The van der Waals surface area contributed by atoms with Gasteiger partial charge in [0.25, 0.3) is 0 Å². The molecule has 0 unspecified atom stereocenters. The van der Waals surface area contributed by atoms with Crippen molar-refractivity contribution in [2.45, 2.75) is 6.61 Å². The molecule has 0 saturated carbocycles. The van der Waals surface area contributed by atoms with E-state index in [9.17, 15) is 4.79 Å². The Hall–Kier alpha value is -2.29. The summed E-state index contributed by atoms with van der Waals surface area (Å²) < 4.78 is 5.15. The summed E-state index contributed by atoms with van der Waals surface area (Å²) in [5.41, 5.74) is 1.90. The maximum absolute atomic E-state index is 11.5. The number of esters is 1. The molecule has 0 fully saturated rings. The van der Waals surface area contributed by atoms with Crippen molar-refractivity contribution in [2.24, 2.45) is 0 Å². The number of hydrogen-bond donors (Lipinski definition) is 1. The Morgan fingerprint density at radius 1 is 0.944 bits per heavy atom. The highest BCUT2D eigenvalue weighted by Gasteiger charge is 2.02. The molecule has 0 aromatic heterocycles. The first-order chi connectivity index (χ1) is 8.84. The molecular weight excluding hydrogens is 226 g/mol. The fraction of sp³-hybridized carbons (Fsp3) is 0.133. The monoisotopic (exact) mass is 241 g/mol. The highest BCUT2D eigenvalue weighted by molar-refractivity contribution is 5.74. The zero-order valence-electron chi connectivity index (χ0n) is 10.0. The summed E-state index contributed by atoms with van der Waals surface area (Å²) >= 11 is 0. The van der Waals surface area contributed by atoms with E-state index in [-0.39, 0.29) is 12.5 Å². The van der Waals surface area contributed by atoms with Gasteiger partial charge in [0.15, 0.2) is 0 Å². The van der Waals surface area contributed by atoms with Gasteiger partial charge in [-0.1, -0.05) is 48.5 Å². The lowest BCUT2D eigenvalue weighted by atomic mass is 10.2. The van der Waals surface area contributed by atoms with E-state index in [0.29, 0.717) is 6.61 Å². The molecule has 0 amide bonds. The van der Waals surface area contributed by atoms with Crippen LogP contribution in [-0.2, 0) is 16.1 Å². The summed E-state index contributed by atoms with van der Waals surface area (Å²) in [4.78, 5) is 11.5. The zero-order chi connectivity index (χ0) is 12.6. The van der Waals surface area contributed by atoms with Crippen LogP contribution in [0.2, 0.25) is 0 Å². The number of hydrogen-bond acceptors (Lipinski definition) is 3. The average Bonchev–Trinajstić information content (AvgIpc) is 2.45. The summed E-state index contributed by atoms with van der Waals surface area (Å²) in [7, 11) is 0. The molecule has 3 heteroatoms. The standard InChI is InChI=1S/C15H15NO2/c17-15(11-16-14-9-5-2-6-10-14)18-12-13-7-3-1-4-8-13/h1-10,16H,11-12H2. The molecule has 1 N–H and O–H groups in total. The molecule has 0 aliphatic rings. The maximum atomic E-state index is 11.5. The van der Waals surface area contributed by atoms with Crippen molar-refractivity contribution in [3.8, 4) is 0 Å². The normalized spacial score (nSPS) is 9.78. The zero-order valence-corrected chi connectivity index (χ0v) is 10.0. The quantitative estimate of drug-likeness (QED) is 0.818. The summed E-state index contributed by atoms with van der Waals surface area (Å²) in [5.74, 6) is -0.261. The van der Waals surface area contributed by atoms with Gasteiger partial charge in [-0.15, -0.1) is 0 Å². The van der Waals surface area contributed by atoms with Crippen LogP contribution in [0, 0.1) is 0 Å². The van der Waals surface area contributed by atoms with Gasteiger partial charge in [-0.3, -0.25) is 4.79 Å². The van der Waals surface area contributed by atoms with E-state index in [1.807, 2.05) is 60.7 Å². The smallest absolute Gasteiger partial charge is 0.325 e. The van der Waals surface area contributed by atoms with Gasteiger partial charge in [0.05, 0.1) is 0 Å². The Morgan fingerprint density at radius 2 is 1.56 bits per heavy atom. The molecular formula is C15H15NO2. The number of para-hydroxylation sites is 1. The SMILES string of the molecule is O=C(CNc1ccccc1)OCc1ccccc1. The summed E-state index contributed by atoms with van der Waals surface area (Å²) in [6, 6.07) is 19.2. The Kier molecular flexibility index (Phi) is 4.36. The van der Waals surface area contributed by atoms with Crippen LogP contribution in [-0.4, -0.2) is 12.5 Å². The molecule has 2 aromatic carbocycles. The molecule has 92 valence electrons. The van der Waals surface area contributed by atoms with Crippen molar-refractivity contribution in [1.29, 1.82) is 0 Å². The first kappa shape index (κ1) is 12.2. The Morgan fingerprint density at radius 3 is 2.22 bits per heavy atom. The first-order valence-electron chi connectivity index (χ1n) is 5.83. The molecule has 0 bridgehead atoms. The number of carbonyl (C=O) groups is 1. The van der Waals surface area contributed by atoms with Crippen molar-refractivity contribution < 1.29 is 9.53 Å². The number of benzene rings is 2. The van der Waals surface area contributed by atoms with Crippen molar-refractivity contribution in [1.82, 2.24) is 0 Å². The third kappa shape index (κ3) is 3.94. The van der Waals surface area contributed by atoms with E-state index < -0.39 is 0 Å². The lowest BCUT2D eigenvalue weighted by Crippen LogP contribution is -2.16. The molecule has 0 spiro atoms. The predicted octanol–water partition coefficient (Wildman–Crippen LogP) is 2.84. The fourth-order valence-corrected chi connectivity index (χ4v) is 1.52. The van der Waals surface area contributed by atoms with Gasteiger partial charge >= 0.3 is 5.97 Å². The first-order valence-corrected chi connectivity index (χ1v) is 5.83. The molecule has 2 rings (SSSR count). The minimum atomic E-state index is -0.261. The predicted molar refractivity (Wildman–Crippen MR) is 71.2 cm³/mol. The minimum Gasteiger partial charge on any atom is -0.460 e. The van der Waals surface area contributed by atoms with Crippen LogP contribution in [0.5, 0.6) is 0 Å². The van der Waals surface area contributed by atoms with E-state index >= 15 is 0 Å². The topological polar surface area (TPSA) is 38.3 Å². The number of rotatable bonds is 5. The summed E-state index contributed by atoms with van der Waals surface area (Å²) in [5, 5.41) is 3.01. The molecule has 0 saturated heterocycles. The summed E-state index contributed by atoms with van der Waals surface area (Å²) in [6.07, 6.45) is 0. The van der Waals surface area contributed by atoms with E-state index in [2.05, 4.69) is 5.32 Å². The van der Waals surface area contributed by atoms with Gasteiger partial charge in [-0.2, -0.15) is 0 Å². The minimum absolute atomic E-state index is 0.177. The van der Waals surface area contributed by atoms with E-state index in [0.717, 1.165) is 11.3 Å². The lowest BCUT2D eigenvalue weighted by Gasteiger charge is -2.07. The van der Waals surface area contributed by atoms with Gasteiger partial charge in [0.2, 0.25) is 0 Å². The molecule has 0 atom stereocenters. The second-order valence-electron chi connectivity index (χ2n) is 3.87. The van der Waals surface area contributed by atoms with Crippen LogP contribution in [0.15, 0.2) is 60.7 Å². The van der Waals surface area contributed by atoms with Crippen LogP contribution in [0.3, 0.4) is 0 Å². The molecule has 3 nitrogen and oxygen atoms in total.